The van der Waals surface area contributed by atoms with Crippen LogP contribution >= 0.6 is 15.9 Å². The van der Waals surface area contributed by atoms with E-state index in [1.54, 1.807) is 6.07 Å². The van der Waals surface area contributed by atoms with Crippen LogP contribution in [0.3, 0.4) is 0 Å². The Morgan fingerprint density at radius 2 is 2.18 bits per heavy atom. The molecule has 0 aromatic heterocycles. The number of hydrogen-bond donors (Lipinski definition) is 3. The molecule has 0 fully saturated rings. The van der Waals surface area contributed by atoms with Gasteiger partial charge in [-0.1, -0.05) is 15.9 Å². The number of nitro benzene ring substituents is 1. The number of phenolic OH excluding ortho intramolecular Hbond substituents is 1. The van der Waals surface area contributed by atoms with Crippen molar-refractivity contribution in [1.82, 2.24) is 0 Å². The number of nitrogens with two attached hydrogens (primary N) is 2. The topological polar surface area (TPSA) is 115 Å². The van der Waals surface area contributed by atoms with E-state index in [1.807, 2.05) is 0 Å². The molecule has 0 bridgehead atoms. The van der Waals surface area contributed by atoms with Gasteiger partial charge in [-0.25, -0.2) is 0 Å². The van der Waals surface area contributed by atoms with Crippen LogP contribution < -0.4 is 11.5 Å². The standard InChI is InChI=1S/C10H14BrN3O3/c11-6-4-7(8(13)2-1-3-12)10(15)9(5-6)14(16)17/h4-5,8,15H,1-3,12-13H2/t8-/m1/s1. The highest BCUT2D eigenvalue weighted by Gasteiger charge is 2.21. The van der Waals surface area contributed by atoms with E-state index >= 15 is 0 Å². The average molecular weight is 304 g/mol. The van der Waals surface area contributed by atoms with E-state index in [0.717, 1.165) is 0 Å². The summed E-state index contributed by atoms with van der Waals surface area (Å²) in [5, 5.41) is 20.5. The highest BCUT2D eigenvalue weighted by Crippen LogP contribution is 2.37. The molecule has 0 saturated carbocycles. The average Bonchev–Trinajstić information content (AvgIpc) is 2.28. The van der Waals surface area contributed by atoms with E-state index in [9.17, 15) is 15.2 Å². The molecule has 1 rings (SSSR count). The lowest BCUT2D eigenvalue weighted by Gasteiger charge is -2.13. The van der Waals surface area contributed by atoms with Crippen molar-refractivity contribution >= 4 is 21.6 Å². The van der Waals surface area contributed by atoms with Gasteiger partial charge in [0.25, 0.3) is 0 Å². The lowest BCUT2D eigenvalue weighted by molar-refractivity contribution is -0.386. The SMILES string of the molecule is NCCC[C@@H](N)c1cc(Br)cc([N+](=O)[O-])c1O. The smallest absolute Gasteiger partial charge is 0.312 e. The Labute approximate surface area is 107 Å². The third-order valence-corrected chi connectivity index (χ3v) is 2.86. The van der Waals surface area contributed by atoms with Crippen LogP contribution in [0.5, 0.6) is 5.75 Å². The Morgan fingerprint density at radius 3 is 2.71 bits per heavy atom. The van der Waals surface area contributed by atoms with Crippen LogP contribution in [0.15, 0.2) is 16.6 Å². The van der Waals surface area contributed by atoms with Gasteiger partial charge in [-0.15, -0.1) is 0 Å². The summed E-state index contributed by atoms with van der Waals surface area (Å²) < 4.78 is 0.514. The number of rotatable bonds is 5. The molecule has 0 radical (unpaired) electrons. The Hall–Kier alpha value is -1.18. The molecule has 7 heteroatoms. The molecule has 94 valence electrons. The fourth-order valence-electron chi connectivity index (χ4n) is 1.52. The molecule has 0 unspecified atom stereocenters. The van der Waals surface area contributed by atoms with Crippen LogP contribution in [0.1, 0.15) is 24.4 Å². The number of benzene rings is 1. The summed E-state index contributed by atoms with van der Waals surface area (Å²) in [5.41, 5.74) is 11.2. The Bertz CT molecular complexity index is 426. The molecule has 1 aromatic carbocycles. The van der Waals surface area contributed by atoms with Crippen molar-refractivity contribution in [2.24, 2.45) is 11.5 Å². The quantitative estimate of drug-likeness (QED) is 0.566. The number of nitrogens with zero attached hydrogens (tertiary/aromatic N) is 1. The number of nitro groups is 1. The number of hydrogen-bond acceptors (Lipinski definition) is 5. The van der Waals surface area contributed by atoms with Crippen LogP contribution in [0.25, 0.3) is 0 Å². The molecule has 0 saturated heterocycles. The van der Waals surface area contributed by atoms with Gasteiger partial charge in [-0.05, 0) is 25.5 Å². The summed E-state index contributed by atoms with van der Waals surface area (Å²) in [5.74, 6) is -0.372. The van der Waals surface area contributed by atoms with Crippen LogP contribution in [0, 0.1) is 10.1 Å². The second-order valence-corrected chi connectivity index (χ2v) is 4.57. The zero-order chi connectivity index (χ0) is 13.0. The first-order valence-electron chi connectivity index (χ1n) is 5.09. The monoisotopic (exact) mass is 303 g/mol. The maximum absolute atomic E-state index is 10.7. The lowest BCUT2D eigenvalue weighted by atomic mass is 10.0. The van der Waals surface area contributed by atoms with Gasteiger partial charge in [-0.2, -0.15) is 0 Å². The molecule has 17 heavy (non-hydrogen) atoms. The van der Waals surface area contributed by atoms with Crippen LogP contribution in [0.4, 0.5) is 5.69 Å². The lowest BCUT2D eigenvalue weighted by Crippen LogP contribution is -2.13. The van der Waals surface area contributed by atoms with Crippen molar-refractivity contribution in [2.75, 3.05) is 6.54 Å². The zero-order valence-corrected chi connectivity index (χ0v) is 10.7. The fraction of sp³-hybridized carbons (Fsp3) is 0.400. The van der Waals surface area contributed by atoms with Gasteiger partial charge in [-0.3, -0.25) is 10.1 Å². The molecule has 0 aliphatic carbocycles. The second-order valence-electron chi connectivity index (χ2n) is 3.66. The van der Waals surface area contributed by atoms with E-state index in [2.05, 4.69) is 15.9 Å². The van der Waals surface area contributed by atoms with Crippen LogP contribution in [-0.4, -0.2) is 16.6 Å². The van der Waals surface area contributed by atoms with Gasteiger partial charge in [0.1, 0.15) is 0 Å². The van der Waals surface area contributed by atoms with Crippen LogP contribution in [0.2, 0.25) is 0 Å². The van der Waals surface area contributed by atoms with Crippen molar-refractivity contribution in [3.8, 4) is 5.75 Å². The van der Waals surface area contributed by atoms with E-state index in [1.165, 1.54) is 6.07 Å². The fourth-order valence-corrected chi connectivity index (χ4v) is 1.98. The van der Waals surface area contributed by atoms with E-state index in [4.69, 9.17) is 11.5 Å². The minimum Gasteiger partial charge on any atom is -0.502 e. The molecule has 0 aliphatic heterocycles. The summed E-state index contributed by atoms with van der Waals surface area (Å²) in [6.45, 7) is 0.491. The number of phenols is 1. The maximum atomic E-state index is 10.7. The first-order chi connectivity index (χ1) is 7.97. The summed E-state index contributed by atoms with van der Waals surface area (Å²) in [6, 6.07) is 2.37. The highest BCUT2D eigenvalue weighted by molar-refractivity contribution is 9.10. The van der Waals surface area contributed by atoms with Crippen molar-refractivity contribution in [3.63, 3.8) is 0 Å². The molecule has 0 spiro atoms. The first kappa shape index (κ1) is 13.9. The largest absolute Gasteiger partial charge is 0.502 e. The third-order valence-electron chi connectivity index (χ3n) is 2.40. The van der Waals surface area contributed by atoms with E-state index in [-0.39, 0.29) is 11.4 Å². The number of aromatic hydroxyl groups is 1. The molecular formula is C10H14BrN3O3. The first-order valence-corrected chi connectivity index (χ1v) is 5.89. The molecule has 5 N–H and O–H groups in total. The Balaban J connectivity index is 3.10. The van der Waals surface area contributed by atoms with Crippen molar-refractivity contribution < 1.29 is 10.0 Å². The van der Waals surface area contributed by atoms with Gasteiger partial charge in [0.05, 0.1) is 4.92 Å². The van der Waals surface area contributed by atoms with Gasteiger partial charge >= 0.3 is 5.69 Å². The zero-order valence-electron chi connectivity index (χ0n) is 9.10. The van der Waals surface area contributed by atoms with Gasteiger partial charge in [0, 0.05) is 22.1 Å². The summed E-state index contributed by atoms with van der Waals surface area (Å²) >= 11 is 3.16. The van der Waals surface area contributed by atoms with Crippen molar-refractivity contribution in [2.45, 2.75) is 18.9 Å². The second kappa shape index (κ2) is 5.95. The molecule has 0 heterocycles. The minimum absolute atomic E-state index is 0.349. The normalized spacial score (nSPS) is 12.4. The molecule has 1 atom stereocenters. The van der Waals surface area contributed by atoms with E-state index < -0.39 is 11.0 Å². The van der Waals surface area contributed by atoms with Crippen LogP contribution in [-0.2, 0) is 0 Å². The molecular weight excluding hydrogens is 290 g/mol. The summed E-state index contributed by atoms with van der Waals surface area (Å²) in [4.78, 5) is 10.1. The molecule has 0 amide bonds. The Morgan fingerprint density at radius 1 is 1.53 bits per heavy atom. The van der Waals surface area contributed by atoms with Gasteiger partial charge in [0.15, 0.2) is 5.75 Å². The van der Waals surface area contributed by atoms with Gasteiger partial charge in [0.2, 0.25) is 0 Å². The number of halogens is 1. The van der Waals surface area contributed by atoms with Gasteiger partial charge < -0.3 is 16.6 Å². The Kier molecular flexibility index (Phi) is 4.86. The maximum Gasteiger partial charge on any atom is 0.312 e. The minimum atomic E-state index is -0.640. The molecule has 0 aliphatic rings. The van der Waals surface area contributed by atoms with Crippen molar-refractivity contribution in [1.29, 1.82) is 0 Å². The highest BCUT2D eigenvalue weighted by atomic mass is 79.9. The predicted octanol–water partition coefficient (Wildman–Crippen LogP) is 1.80. The molecule has 6 nitrogen and oxygen atoms in total. The van der Waals surface area contributed by atoms with E-state index in [0.29, 0.717) is 29.4 Å². The third kappa shape index (κ3) is 3.39. The summed E-state index contributed by atoms with van der Waals surface area (Å²) in [6.07, 6.45) is 1.26. The van der Waals surface area contributed by atoms with Crippen molar-refractivity contribution in [3.05, 3.63) is 32.3 Å². The molecule has 1 aromatic rings. The summed E-state index contributed by atoms with van der Waals surface area (Å²) in [7, 11) is 0. The predicted molar refractivity (Wildman–Crippen MR) is 67.7 cm³/mol.